The van der Waals surface area contributed by atoms with Crippen LogP contribution < -0.4 is 0 Å². The van der Waals surface area contributed by atoms with Crippen LogP contribution in [0.15, 0.2) is 30.5 Å². The predicted molar refractivity (Wildman–Crippen MR) is 60.2 cm³/mol. The lowest BCUT2D eigenvalue weighted by Crippen LogP contribution is -1.88. The molecule has 0 aliphatic carbocycles. The molecule has 3 nitrogen and oxygen atoms in total. The summed E-state index contributed by atoms with van der Waals surface area (Å²) in [5.74, 6) is 0.0760. The highest BCUT2D eigenvalue weighted by molar-refractivity contribution is 7.71. The van der Waals surface area contributed by atoms with E-state index in [0.717, 1.165) is 22.0 Å². The zero-order valence-electron chi connectivity index (χ0n) is 8.01. The molecule has 77 valence electrons. The molecule has 0 saturated carbocycles. The van der Waals surface area contributed by atoms with E-state index in [1.54, 1.807) is 12.3 Å². The van der Waals surface area contributed by atoms with Gasteiger partial charge in [0.05, 0.1) is 11.3 Å². The fourth-order valence-corrected chi connectivity index (χ4v) is 1.97. The summed E-state index contributed by atoms with van der Waals surface area (Å²) < 4.78 is 21.2. The number of thiol groups is 1. The van der Waals surface area contributed by atoms with Crippen molar-refractivity contribution in [3.63, 3.8) is 0 Å². The number of pyridine rings is 1. The molecule has 0 bridgehead atoms. The zero-order chi connectivity index (χ0) is 10.8. The molecule has 0 aliphatic heterocycles. The van der Waals surface area contributed by atoms with E-state index in [1.165, 1.54) is 0 Å². The largest absolute Gasteiger partial charge is 0.256 e. The minimum Gasteiger partial charge on any atom is -0.256 e. The maximum atomic E-state index is 10.6. The SMILES string of the molecule is [CH2]c1cnc2ccc(C[SH](=O)=O)cc2c1. The number of nitrogens with zero attached hydrogens (tertiary/aromatic N) is 1. The second-order valence-corrected chi connectivity index (χ2v) is 4.34. The number of aromatic nitrogens is 1. The highest BCUT2D eigenvalue weighted by Gasteiger charge is 1.99. The van der Waals surface area contributed by atoms with E-state index in [0.29, 0.717) is 0 Å². The number of benzene rings is 1. The third-order valence-corrected chi connectivity index (χ3v) is 2.74. The van der Waals surface area contributed by atoms with E-state index < -0.39 is 10.7 Å². The summed E-state index contributed by atoms with van der Waals surface area (Å²) in [6, 6.07) is 7.33. The first kappa shape index (κ1) is 10.1. The molecule has 0 amide bonds. The highest BCUT2D eigenvalue weighted by atomic mass is 32.2. The van der Waals surface area contributed by atoms with Crippen molar-refractivity contribution in [2.24, 2.45) is 0 Å². The van der Waals surface area contributed by atoms with Crippen LogP contribution in [-0.4, -0.2) is 13.4 Å². The first-order valence-corrected chi connectivity index (χ1v) is 5.84. The molecule has 0 unspecified atom stereocenters. The van der Waals surface area contributed by atoms with E-state index >= 15 is 0 Å². The van der Waals surface area contributed by atoms with E-state index in [4.69, 9.17) is 0 Å². The van der Waals surface area contributed by atoms with Gasteiger partial charge in [-0.05, 0) is 36.2 Å². The second-order valence-electron chi connectivity index (χ2n) is 3.36. The van der Waals surface area contributed by atoms with E-state index in [2.05, 4.69) is 11.9 Å². The van der Waals surface area contributed by atoms with Crippen molar-refractivity contribution in [2.45, 2.75) is 5.75 Å². The summed E-state index contributed by atoms with van der Waals surface area (Å²) in [4.78, 5) is 4.19. The van der Waals surface area contributed by atoms with Crippen molar-refractivity contribution in [1.29, 1.82) is 0 Å². The maximum absolute atomic E-state index is 10.6. The van der Waals surface area contributed by atoms with Gasteiger partial charge in [-0.2, -0.15) is 0 Å². The van der Waals surface area contributed by atoms with Gasteiger partial charge in [0.2, 0.25) is 0 Å². The van der Waals surface area contributed by atoms with Crippen molar-refractivity contribution >= 4 is 21.6 Å². The lowest BCUT2D eigenvalue weighted by Gasteiger charge is -2.00. The molecule has 0 saturated heterocycles. The molecule has 2 rings (SSSR count). The summed E-state index contributed by atoms with van der Waals surface area (Å²) in [6.07, 6.45) is 1.69. The number of rotatable bonds is 2. The average molecular weight is 220 g/mol. The Hall–Kier alpha value is -1.42. The van der Waals surface area contributed by atoms with Crippen molar-refractivity contribution in [1.82, 2.24) is 4.98 Å². The van der Waals surface area contributed by atoms with Gasteiger partial charge in [0.15, 0.2) is 0 Å². The maximum Gasteiger partial charge on any atom is 0.144 e. The molecule has 0 atom stereocenters. The molecule has 1 heterocycles. The van der Waals surface area contributed by atoms with Crippen LogP contribution in [0.5, 0.6) is 0 Å². The van der Waals surface area contributed by atoms with Gasteiger partial charge in [-0.25, -0.2) is 8.42 Å². The summed E-state index contributed by atoms with van der Waals surface area (Å²) in [5, 5.41) is 0.928. The van der Waals surface area contributed by atoms with Crippen molar-refractivity contribution in [3.05, 3.63) is 48.5 Å². The second kappa shape index (κ2) is 3.98. The van der Waals surface area contributed by atoms with Gasteiger partial charge in [-0.1, -0.05) is 6.07 Å². The van der Waals surface area contributed by atoms with E-state index in [-0.39, 0.29) is 5.75 Å². The van der Waals surface area contributed by atoms with Crippen LogP contribution in [0.25, 0.3) is 10.9 Å². The molecular formula is C11H10NO2S. The van der Waals surface area contributed by atoms with Gasteiger partial charge >= 0.3 is 0 Å². The molecule has 4 heteroatoms. The minimum absolute atomic E-state index is 0.0760. The minimum atomic E-state index is -2.38. The molecule has 15 heavy (non-hydrogen) atoms. The number of hydrogen-bond acceptors (Lipinski definition) is 3. The Labute approximate surface area is 89.7 Å². The van der Waals surface area contributed by atoms with Gasteiger partial charge in [-0.15, -0.1) is 0 Å². The number of hydrogen-bond donors (Lipinski definition) is 1. The van der Waals surface area contributed by atoms with Crippen LogP contribution in [0.1, 0.15) is 11.1 Å². The van der Waals surface area contributed by atoms with Crippen molar-refractivity contribution < 1.29 is 8.42 Å². The topological polar surface area (TPSA) is 47.0 Å². The molecule has 0 N–H and O–H groups in total. The van der Waals surface area contributed by atoms with Crippen molar-refractivity contribution in [2.75, 3.05) is 0 Å². The molecular weight excluding hydrogens is 210 g/mol. The Morgan fingerprint density at radius 1 is 1.27 bits per heavy atom. The van der Waals surface area contributed by atoms with Crippen LogP contribution in [-0.2, 0) is 16.5 Å². The highest BCUT2D eigenvalue weighted by Crippen LogP contribution is 2.15. The van der Waals surface area contributed by atoms with Gasteiger partial charge in [0, 0.05) is 11.6 Å². The zero-order valence-corrected chi connectivity index (χ0v) is 8.91. The van der Waals surface area contributed by atoms with Gasteiger partial charge in [0.1, 0.15) is 10.7 Å². The molecule has 1 radical (unpaired) electrons. The normalized spacial score (nSPS) is 11.1. The molecule has 0 spiro atoms. The standard InChI is InChI=1S/C11H10NO2S/c1-8-4-10-5-9(7-15(13)14)2-3-11(10)12-6-8/h2-6,15H,1,7H2. The van der Waals surface area contributed by atoms with Gasteiger partial charge in [0.25, 0.3) is 0 Å². The quantitative estimate of drug-likeness (QED) is 0.781. The Morgan fingerprint density at radius 3 is 2.80 bits per heavy atom. The van der Waals surface area contributed by atoms with Crippen LogP contribution in [0.2, 0.25) is 0 Å². The number of fused-ring (bicyclic) bond motifs is 1. The summed E-state index contributed by atoms with van der Waals surface area (Å²) >= 11 is 0. The van der Waals surface area contributed by atoms with Crippen LogP contribution in [0, 0.1) is 6.92 Å². The van der Waals surface area contributed by atoms with Crippen LogP contribution in [0.4, 0.5) is 0 Å². The van der Waals surface area contributed by atoms with Crippen LogP contribution >= 0.6 is 0 Å². The molecule has 0 fully saturated rings. The predicted octanol–water partition coefficient (Wildman–Crippen LogP) is 1.53. The fourth-order valence-electron chi connectivity index (χ4n) is 1.47. The lowest BCUT2D eigenvalue weighted by molar-refractivity contribution is 0.614. The van der Waals surface area contributed by atoms with Crippen LogP contribution in [0.3, 0.4) is 0 Å². The average Bonchev–Trinajstić information content (AvgIpc) is 2.16. The Bertz CT molecular complexity index is 568. The summed E-state index contributed by atoms with van der Waals surface area (Å²) in [5.41, 5.74) is 2.46. The van der Waals surface area contributed by atoms with Gasteiger partial charge < -0.3 is 0 Å². The third kappa shape index (κ3) is 2.33. The first-order chi connectivity index (χ1) is 7.15. The monoisotopic (exact) mass is 220 g/mol. The Kier molecular flexibility index (Phi) is 2.68. The Morgan fingerprint density at radius 2 is 2.07 bits per heavy atom. The summed E-state index contributed by atoms with van der Waals surface area (Å²) in [6.45, 7) is 3.78. The molecule has 2 aromatic rings. The lowest BCUT2D eigenvalue weighted by atomic mass is 10.1. The third-order valence-electron chi connectivity index (χ3n) is 2.11. The summed E-state index contributed by atoms with van der Waals surface area (Å²) in [7, 11) is -2.38. The van der Waals surface area contributed by atoms with E-state index in [9.17, 15) is 8.42 Å². The smallest absolute Gasteiger partial charge is 0.144 e. The van der Waals surface area contributed by atoms with E-state index in [1.807, 2.05) is 18.2 Å². The first-order valence-electron chi connectivity index (χ1n) is 4.47. The molecule has 1 aromatic heterocycles. The van der Waals surface area contributed by atoms with Gasteiger partial charge in [-0.3, -0.25) is 4.98 Å². The molecule has 0 aliphatic rings. The molecule has 1 aromatic carbocycles. The van der Waals surface area contributed by atoms with Crippen molar-refractivity contribution in [3.8, 4) is 0 Å². The fraction of sp³-hybridized carbons (Fsp3) is 0.0909. The Balaban J connectivity index is 2.54.